The standard InChI is InChI=1S/C19H33N3O4S.HI/c1-6-20-19(21-12-9-13-27(5,23)24)22-15(4)16-10-11-17(25-7-2)18(14-16)26-8-3;/h10-11,14-15H,6-9,12-13H2,1-5H3,(H2,20,21,22);1H. The largest absolute Gasteiger partial charge is 0.490 e. The quantitative estimate of drug-likeness (QED) is 0.199. The van der Waals surface area contributed by atoms with Crippen LogP contribution in [0.3, 0.4) is 0 Å². The zero-order valence-electron chi connectivity index (χ0n) is 17.4. The van der Waals surface area contributed by atoms with Gasteiger partial charge in [0.15, 0.2) is 17.5 Å². The minimum absolute atomic E-state index is 0. The molecule has 1 aromatic carbocycles. The lowest BCUT2D eigenvalue weighted by molar-refractivity contribution is 0.287. The van der Waals surface area contributed by atoms with Crippen molar-refractivity contribution in [3.63, 3.8) is 0 Å². The Balaban J connectivity index is 0.00000729. The second-order valence-electron chi connectivity index (χ2n) is 6.18. The molecule has 0 heterocycles. The Morgan fingerprint density at radius 1 is 1.14 bits per heavy atom. The summed E-state index contributed by atoms with van der Waals surface area (Å²) in [6, 6.07) is 5.88. The zero-order chi connectivity index (χ0) is 20.3. The van der Waals surface area contributed by atoms with E-state index < -0.39 is 9.84 Å². The highest BCUT2D eigenvalue weighted by Crippen LogP contribution is 2.30. The summed E-state index contributed by atoms with van der Waals surface area (Å²) in [5.74, 6) is 2.25. The van der Waals surface area contributed by atoms with Crippen LogP contribution in [0.4, 0.5) is 0 Å². The Hall–Kier alpha value is -1.23. The van der Waals surface area contributed by atoms with Crippen LogP contribution in [0.15, 0.2) is 23.2 Å². The number of rotatable bonds is 11. The maximum Gasteiger partial charge on any atom is 0.191 e. The van der Waals surface area contributed by atoms with Gasteiger partial charge in [-0.3, -0.25) is 4.99 Å². The van der Waals surface area contributed by atoms with Gasteiger partial charge in [0.05, 0.1) is 25.0 Å². The van der Waals surface area contributed by atoms with Gasteiger partial charge < -0.3 is 20.1 Å². The van der Waals surface area contributed by atoms with E-state index in [2.05, 4.69) is 15.6 Å². The van der Waals surface area contributed by atoms with Crippen molar-refractivity contribution in [3.05, 3.63) is 23.8 Å². The van der Waals surface area contributed by atoms with Crippen molar-refractivity contribution in [1.82, 2.24) is 10.6 Å². The fourth-order valence-corrected chi connectivity index (χ4v) is 3.12. The molecule has 1 unspecified atom stereocenters. The highest BCUT2D eigenvalue weighted by molar-refractivity contribution is 14.0. The van der Waals surface area contributed by atoms with Crippen LogP contribution >= 0.6 is 24.0 Å². The Morgan fingerprint density at radius 3 is 2.36 bits per heavy atom. The van der Waals surface area contributed by atoms with E-state index >= 15 is 0 Å². The normalized spacial score (nSPS) is 12.7. The Kier molecular flexibility index (Phi) is 13.3. The van der Waals surface area contributed by atoms with E-state index in [0.29, 0.717) is 32.1 Å². The third-order valence-electron chi connectivity index (χ3n) is 3.71. The van der Waals surface area contributed by atoms with Crippen molar-refractivity contribution in [3.8, 4) is 11.5 Å². The number of aliphatic imine (C=N–C) groups is 1. The SMILES string of the molecule is CCNC(=NCCCS(C)(=O)=O)NC(C)c1ccc(OCC)c(OCC)c1.I. The van der Waals surface area contributed by atoms with Crippen LogP contribution in [0.25, 0.3) is 0 Å². The van der Waals surface area contributed by atoms with Crippen LogP contribution < -0.4 is 20.1 Å². The Labute approximate surface area is 186 Å². The van der Waals surface area contributed by atoms with Gasteiger partial charge in [0.25, 0.3) is 0 Å². The Morgan fingerprint density at radius 2 is 1.79 bits per heavy atom. The van der Waals surface area contributed by atoms with Crippen molar-refractivity contribution in [2.45, 2.75) is 40.2 Å². The van der Waals surface area contributed by atoms with Crippen LogP contribution in [0.2, 0.25) is 0 Å². The molecule has 9 heteroatoms. The molecule has 0 spiro atoms. The number of hydrogen-bond donors (Lipinski definition) is 2. The van der Waals surface area contributed by atoms with Gasteiger partial charge in [-0.2, -0.15) is 0 Å². The van der Waals surface area contributed by atoms with Gasteiger partial charge in [-0.15, -0.1) is 24.0 Å². The molecule has 0 radical (unpaired) electrons. The average Bonchev–Trinajstić information content (AvgIpc) is 2.59. The minimum atomic E-state index is -2.96. The topological polar surface area (TPSA) is 89.0 Å². The van der Waals surface area contributed by atoms with Crippen molar-refractivity contribution < 1.29 is 17.9 Å². The van der Waals surface area contributed by atoms with Gasteiger partial charge in [-0.25, -0.2) is 8.42 Å². The van der Waals surface area contributed by atoms with Crippen LogP contribution in [0, 0.1) is 0 Å². The van der Waals surface area contributed by atoms with Crippen LogP contribution in [0.5, 0.6) is 11.5 Å². The van der Waals surface area contributed by atoms with Crippen LogP contribution in [-0.2, 0) is 9.84 Å². The molecule has 7 nitrogen and oxygen atoms in total. The number of nitrogens with zero attached hydrogens (tertiary/aromatic N) is 1. The molecular formula is C19H34IN3O4S. The summed E-state index contributed by atoms with van der Waals surface area (Å²) in [5.41, 5.74) is 1.05. The van der Waals surface area contributed by atoms with Gasteiger partial charge >= 0.3 is 0 Å². The molecule has 1 rings (SSSR count). The smallest absolute Gasteiger partial charge is 0.191 e. The third-order valence-corrected chi connectivity index (χ3v) is 4.74. The second kappa shape index (κ2) is 13.9. The van der Waals surface area contributed by atoms with Gasteiger partial charge in [0.1, 0.15) is 9.84 Å². The number of benzene rings is 1. The molecule has 0 saturated heterocycles. The molecule has 2 N–H and O–H groups in total. The van der Waals surface area contributed by atoms with E-state index in [9.17, 15) is 8.42 Å². The fraction of sp³-hybridized carbons (Fsp3) is 0.632. The molecule has 0 fully saturated rings. The molecule has 1 atom stereocenters. The molecule has 1 aromatic rings. The molecule has 28 heavy (non-hydrogen) atoms. The number of hydrogen-bond acceptors (Lipinski definition) is 5. The highest BCUT2D eigenvalue weighted by atomic mass is 127. The molecule has 0 aromatic heterocycles. The van der Waals surface area contributed by atoms with Gasteiger partial charge in [-0.1, -0.05) is 6.07 Å². The first-order valence-corrected chi connectivity index (χ1v) is 11.5. The molecule has 0 aliphatic carbocycles. The van der Waals surface area contributed by atoms with Gasteiger partial charge in [0.2, 0.25) is 0 Å². The van der Waals surface area contributed by atoms with Crippen molar-refractivity contribution in [2.24, 2.45) is 4.99 Å². The van der Waals surface area contributed by atoms with Gasteiger partial charge in [-0.05, 0) is 51.8 Å². The predicted octanol–water partition coefficient (Wildman–Crippen LogP) is 3.15. The molecule has 0 aliphatic heterocycles. The average molecular weight is 527 g/mol. The maximum atomic E-state index is 11.2. The summed E-state index contributed by atoms with van der Waals surface area (Å²) in [5, 5.41) is 6.53. The highest BCUT2D eigenvalue weighted by Gasteiger charge is 2.12. The van der Waals surface area contributed by atoms with E-state index in [1.807, 2.05) is 45.9 Å². The first-order valence-electron chi connectivity index (χ1n) is 9.42. The number of ether oxygens (including phenoxy) is 2. The summed E-state index contributed by atoms with van der Waals surface area (Å²) < 4.78 is 33.7. The van der Waals surface area contributed by atoms with Crippen molar-refractivity contribution in [1.29, 1.82) is 0 Å². The van der Waals surface area contributed by atoms with Crippen molar-refractivity contribution >= 4 is 39.8 Å². The molecular weight excluding hydrogens is 493 g/mol. The number of guanidine groups is 1. The van der Waals surface area contributed by atoms with E-state index in [1.165, 1.54) is 6.26 Å². The van der Waals surface area contributed by atoms with Gasteiger partial charge in [0, 0.05) is 19.3 Å². The summed E-state index contributed by atoms with van der Waals surface area (Å²) in [6.45, 7) is 10.2. The second-order valence-corrected chi connectivity index (χ2v) is 8.44. The third kappa shape index (κ3) is 10.4. The molecule has 0 amide bonds. The summed E-state index contributed by atoms with van der Waals surface area (Å²) in [6.07, 6.45) is 1.74. The lowest BCUT2D eigenvalue weighted by atomic mass is 10.1. The first-order chi connectivity index (χ1) is 12.8. The summed E-state index contributed by atoms with van der Waals surface area (Å²) in [7, 11) is -2.96. The minimum Gasteiger partial charge on any atom is -0.490 e. The summed E-state index contributed by atoms with van der Waals surface area (Å²) in [4.78, 5) is 4.46. The summed E-state index contributed by atoms with van der Waals surface area (Å²) >= 11 is 0. The van der Waals surface area contributed by atoms with E-state index in [1.54, 1.807) is 0 Å². The fourth-order valence-electron chi connectivity index (χ4n) is 2.46. The molecule has 162 valence electrons. The molecule has 0 bridgehead atoms. The molecule has 0 aliphatic rings. The van der Waals surface area contributed by atoms with E-state index in [4.69, 9.17) is 9.47 Å². The predicted molar refractivity (Wildman–Crippen MR) is 126 cm³/mol. The molecule has 0 saturated carbocycles. The maximum absolute atomic E-state index is 11.2. The number of halogens is 1. The zero-order valence-corrected chi connectivity index (χ0v) is 20.6. The van der Waals surface area contributed by atoms with Crippen LogP contribution in [0.1, 0.15) is 45.7 Å². The van der Waals surface area contributed by atoms with E-state index in [-0.39, 0.29) is 35.8 Å². The Bertz CT molecular complexity index is 711. The monoisotopic (exact) mass is 527 g/mol. The number of sulfone groups is 1. The van der Waals surface area contributed by atoms with Crippen LogP contribution in [-0.4, -0.2) is 52.7 Å². The van der Waals surface area contributed by atoms with Crippen molar-refractivity contribution in [2.75, 3.05) is 38.3 Å². The van der Waals surface area contributed by atoms with E-state index in [0.717, 1.165) is 23.6 Å². The lowest BCUT2D eigenvalue weighted by Gasteiger charge is -2.20. The number of nitrogens with one attached hydrogen (secondary N) is 2. The first kappa shape index (κ1) is 26.8. The lowest BCUT2D eigenvalue weighted by Crippen LogP contribution is -2.38.